The summed E-state index contributed by atoms with van der Waals surface area (Å²) in [7, 11) is 0. The van der Waals surface area contributed by atoms with E-state index < -0.39 is 5.97 Å². The summed E-state index contributed by atoms with van der Waals surface area (Å²) in [6.07, 6.45) is 0. The number of ether oxygens (including phenoxy) is 1. The van der Waals surface area contributed by atoms with Gasteiger partial charge in [-0.25, -0.2) is 4.79 Å². The van der Waals surface area contributed by atoms with Crippen molar-refractivity contribution in [2.75, 3.05) is 17.3 Å². The third kappa shape index (κ3) is 5.06. The van der Waals surface area contributed by atoms with Gasteiger partial charge in [-0.1, -0.05) is 30.4 Å². The monoisotopic (exact) mass is 343 g/mol. The molecular weight excluding hydrogens is 326 g/mol. The number of thiocarbonyl (C=S) groups is 1. The maximum Gasteiger partial charge on any atom is 0.361 e. The number of nitrogens with zero attached hydrogens (tertiary/aromatic N) is 1. The fraction of sp³-hybridized carbons (Fsp3) is 0.118. The van der Waals surface area contributed by atoms with Gasteiger partial charge in [-0.3, -0.25) is 5.43 Å². The Balaban J connectivity index is 2.16. The first-order valence-electron chi connectivity index (χ1n) is 7.26. The van der Waals surface area contributed by atoms with Gasteiger partial charge in [0.2, 0.25) is 5.71 Å². The molecule has 0 fully saturated rings. The molecule has 2 rings (SSSR count). The first-order valence-corrected chi connectivity index (χ1v) is 7.67. The Labute approximate surface area is 145 Å². The largest absolute Gasteiger partial charge is 0.508 e. The number of hydrazone groups is 1. The van der Waals surface area contributed by atoms with E-state index in [1.54, 1.807) is 19.1 Å². The van der Waals surface area contributed by atoms with Crippen LogP contribution in [0.4, 0.5) is 11.4 Å². The van der Waals surface area contributed by atoms with E-state index >= 15 is 0 Å². The molecule has 0 spiro atoms. The fourth-order valence-corrected chi connectivity index (χ4v) is 2.00. The Morgan fingerprint density at radius 3 is 2.42 bits per heavy atom. The van der Waals surface area contributed by atoms with Gasteiger partial charge in [-0.15, -0.1) is 0 Å². The van der Waals surface area contributed by atoms with E-state index in [1.807, 2.05) is 30.3 Å². The third-order valence-electron chi connectivity index (χ3n) is 2.88. The Hall–Kier alpha value is -2.93. The molecule has 124 valence electrons. The van der Waals surface area contributed by atoms with E-state index in [0.717, 1.165) is 5.69 Å². The number of hydrogen-bond acceptors (Lipinski definition) is 6. The van der Waals surface area contributed by atoms with Gasteiger partial charge in [-0.05, 0) is 43.3 Å². The number of nitrogens with one attached hydrogen (secondary N) is 2. The van der Waals surface area contributed by atoms with E-state index in [2.05, 4.69) is 15.8 Å². The van der Waals surface area contributed by atoms with Crippen molar-refractivity contribution in [2.24, 2.45) is 5.10 Å². The van der Waals surface area contributed by atoms with Gasteiger partial charge in [-0.2, -0.15) is 5.10 Å². The predicted molar refractivity (Wildman–Crippen MR) is 98.5 cm³/mol. The second-order valence-corrected chi connectivity index (χ2v) is 5.07. The molecule has 24 heavy (non-hydrogen) atoms. The summed E-state index contributed by atoms with van der Waals surface area (Å²) in [5, 5.41) is 16.3. The van der Waals surface area contributed by atoms with Crippen LogP contribution in [0.15, 0.2) is 59.7 Å². The summed E-state index contributed by atoms with van der Waals surface area (Å²) in [6, 6.07) is 15.5. The third-order valence-corrected chi connectivity index (χ3v) is 3.18. The summed E-state index contributed by atoms with van der Waals surface area (Å²) in [5.41, 5.74) is 4.02. The molecule has 0 aliphatic heterocycles. The Morgan fingerprint density at radius 1 is 1.12 bits per heavy atom. The van der Waals surface area contributed by atoms with Gasteiger partial charge in [0.05, 0.1) is 12.3 Å². The SMILES string of the molecule is CCOC(=O)/C(=N/Nc1ccc(O)cc1)C(=S)Nc1ccccc1. The normalized spacial score (nSPS) is 10.8. The van der Waals surface area contributed by atoms with Crippen LogP contribution >= 0.6 is 12.2 Å². The van der Waals surface area contributed by atoms with Crippen LogP contribution in [0.25, 0.3) is 0 Å². The number of phenolic OH excluding ortho intramolecular Hbond substituents is 1. The van der Waals surface area contributed by atoms with E-state index in [1.165, 1.54) is 12.1 Å². The van der Waals surface area contributed by atoms with Crippen molar-refractivity contribution in [3.8, 4) is 5.75 Å². The van der Waals surface area contributed by atoms with Gasteiger partial charge in [0.1, 0.15) is 10.7 Å². The molecule has 0 aliphatic carbocycles. The minimum Gasteiger partial charge on any atom is -0.508 e. The van der Waals surface area contributed by atoms with Crippen LogP contribution < -0.4 is 10.7 Å². The zero-order valence-corrected chi connectivity index (χ0v) is 13.8. The Kier molecular flexibility index (Phi) is 6.27. The van der Waals surface area contributed by atoms with Crippen molar-refractivity contribution in [3.05, 3.63) is 54.6 Å². The summed E-state index contributed by atoms with van der Waals surface area (Å²) < 4.78 is 4.99. The number of phenols is 1. The van der Waals surface area contributed by atoms with Gasteiger partial charge in [0.25, 0.3) is 0 Å². The molecule has 2 aromatic rings. The minimum absolute atomic E-state index is 0.0382. The van der Waals surface area contributed by atoms with Gasteiger partial charge in [0.15, 0.2) is 0 Å². The smallest absolute Gasteiger partial charge is 0.361 e. The number of hydrogen-bond donors (Lipinski definition) is 3. The number of esters is 1. The molecule has 0 amide bonds. The highest BCUT2D eigenvalue weighted by Crippen LogP contribution is 2.14. The molecule has 0 saturated carbocycles. The molecule has 0 unspecified atom stereocenters. The highest BCUT2D eigenvalue weighted by molar-refractivity contribution is 7.82. The number of anilines is 2. The summed E-state index contributed by atoms with van der Waals surface area (Å²) >= 11 is 5.26. The lowest BCUT2D eigenvalue weighted by molar-refractivity contribution is -0.134. The standard InChI is InChI=1S/C17H17N3O3S/c1-2-23-17(22)15(16(24)18-12-6-4-3-5-7-12)20-19-13-8-10-14(21)11-9-13/h3-11,19,21H,2H2,1H3,(H,18,24)/b20-15+. The highest BCUT2D eigenvalue weighted by atomic mass is 32.1. The molecule has 0 atom stereocenters. The van der Waals surface area contributed by atoms with Gasteiger partial charge < -0.3 is 15.2 Å². The van der Waals surface area contributed by atoms with Crippen LogP contribution in [0.5, 0.6) is 5.75 Å². The van der Waals surface area contributed by atoms with Crippen LogP contribution in [0.1, 0.15) is 6.92 Å². The number of para-hydroxylation sites is 1. The minimum atomic E-state index is -0.628. The van der Waals surface area contributed by atoms with Crippen molar-refractivity contribution in [1.82, 2.24) is 0 Å². The van der Waals surface area contributed by atoms with Crippen molar-refractivity contribution in [2.45, 2.75) is 6.92 Å². The predicted octanol–water partition coefficient (Wildman–Crippen LogP) is 3.16. The molecular formula is C17H17N3O3S. The Bertz CT molecular complexity index is 731. The molecule has 0 aliphatic rings. The zero-order valence-electron chi connectivity index (χ0n) is 13.0. The van der Waals surface area contributed by atoms with Crippen LogP contribution in [-0.4, -0.2) is 28.4 Å². The van der Waals surface area contributed by atoms with Crippen molar-refractivity contribution >= 4 is 40.3 Å². The fourth-order valence-electron chi connectivity index (χ4n) is 1.76. The van der Waals surface area contributed by atoms with E-state index in [9.17, 15) is 9.90 Å². The number of benzene rings is 2. The number of aromatic hydroxyl groups is 1. The lowest BCUT2D eigenvalue weighted by atomic mass is 10.3. The van der Waals surface area contributed by atoms with Crippen LogP contribution in [0, 0.1) is 0 Å². The van der Waals surface area contributed by atoms with E-state index in [0.29, 0.717) is 5.69 Å². The quantitative estimate of drug-likeness (QED) is 0.246. The molecule has 0 aromatic heterocycles. The lowest BCUT2D eigenvalue weighted by Crippen LogP contribution is -2.31. The van der Waals surface area contributed by atoms with E-state index in [-0.39, 0.29) is 23.1 Å². The molecule has 0 heterocycles. The zero-order chi connectivity index (χ0) is 17.4. The lowest BCUT2D eigenvalue weighted by Gasteiger charge is -2.10. The second-order valence-electron chi connectivity index (χ2n) is 4.66. The Morgan fingerprint density at radius 2 is 1.79 bits per heavy atom. The number of rotatable bonds is 6. The number of carbonyl (C=O) groups excluding carboxylic acids is 1. The van der Waals surface area contributed by atoms with Crippen LogP contribution in [-0.2, 0) is 9.53 Å². The maximum atomic E-state index is 12.1. The average molecular weight is 343 g/mol. The van der Waals surface area contributed by atoms with Crippen LogP contribution in [0.3, 0.4) is 0 Å². The van der Waals surface area contributed by atoms with Crippen molar-refractivity contribution in [3.63, 3.8) is 0 Å². The maximum absolute atomic E-state index is 12.1. The topological polar surface area (TPSA) is 83.0 Å². The van der Waals surface area contributed by atoms with Crippen molar-refractivity contribution in [1.29, 1.82) is 0 Å². The molecule has 6 nitrogen and oxygen atoms in total. The second kappa shape index (κ2) is 8.64. The first-order chi connectivity index (χ1) is 11.6. The molecule has 2 aromatic carbocycles. The number of carbonyl (C=O) groups is 1. The van der Waals surface area contributed by atoms with Crippen LogP contribution in [0.2, 0.25) is 0 Å². The highest BCUT2D eigenvalue weighted by Gasteiger charge is 2.19. The van der Waals surface area contributed by atoms with Gasteiger partial charge >= 0.3 is 5.97 Å². The van der Waals surface area contributed by atoms with E-state index in [4.69, 9.17) is 17.0 Å². The molecule has 3 N–H and O–H groups in total. The van der Waals surface area contributed by atoms with Crippen molar-refractivity contribution < 1.29 is 14.6 Å². The molecule has 0 saturated heterocycles. The van der Waals surface area contributed by atoms with Gasteiger partial charge in [0, 0.05) is 5.69 Å². The average Bonchev–Trinajstić information content (AvgIpc) is 2.58. The molecule has 0 radical (unpaired) electrons. The summed E-state index contributed by atoms with van der Waals surface area (Å²) in [6.45, 7) is 1.92. The summed E-state index contributed by atoms with van der Waals surface area (Å²) in [5.74, 6) is -0.492. The molecule has 0 bridgehead atoms. The molecule has 7 heteroatoms. The first kappa shape index (κ1) is 17.4. The summed E-state index contributed by atoms with van der Waals surface area (Å²) in [4.78, 5) is 12.2.